The molecule has 1 saturated heterocycles. The number of aromatic carboxylic acids is 1. The zero-order valence-corrected chi connectivity index (χ0v) is 45.5. The molecule has 0 bridgehead atoms. The van der Waals surface area contributed by atoms with E-state index in [0.29, 0.717) is 34.2 Å². The number of nitrogens with zero attached hydrogens (tertiary/aromatic N) is 6. The van der Waals surface area contributed by atoms with Crippen molar-refractivity contribution in [1.29, 1.82) is 0 Å². The zero-order chi connectivity index (χ0) is 52.1. The first-order valence-corrected chi connectivity index (χ1v) is 26.0. The Morgan fingerprint density at radius 3 is 1.92 bits per heavy atom. The molecule has 15 nitrogen and oxygen atoms in total. The van der Waals surface area contributed by atoms with Crippen LogP contribution >= 0.6 is 66.4 Å². The number of anilines is 4. The van der Waals surface area contributed by atoms with Gasteiger partial charge >= 0.3 is 5.97 Å². The predicted octanol–water partition coefficient (Wildman–Crippen LogP) is 12.8. The summed E-state index contributed by atoms with van der Waals surface area (Å²) in [5, 5.41) is 20.4. The molecular weight excluding hydrogens is 1120 g/mol. The van der Waals surface area contributed by atoms with Crippen LogP contribution in [0.15, 0.2) is 147 Å². The molecule has 3 aliphatic rings. The highest BCUT2D eigenvalue weighted by Crippen LogP contribution is 2.29. The number of carbonyl (C=O) groups excluding carboxylic acids is 1. The maximum absolute atomic E-state index is 11.1. The van der Waals surface area contributed by atoms with E-state index in [-0.39, 0.29) is 16.4 Å². The van der Waals surface area contributed by atoms with Crippen molar-refractivity contribution in [2.45, 2.75) is 31.7 Å². The summed E-state index contributed by atoms with van der Waals surface area (Å²) in [6.45, 7) is 4.89. The van der Waals surface area contributed by atoms with Gasteiger partial charge in [0.25, 0.3) is 0 Å². The second-order valence-electron chi connectivity index (χ2n) is 16.2. The Morgan fingerprint density at radius 1 is 0.795 bits per heavy atom. The number of hydrogen-bond acceptors (Lipinski definition) is 14. The number of halogens is 4. The Hall–Kier alpha value is -6.22. The Bertz CT molecular complexity index is 3070. The highest BCUT2D eigenvalue weighted by molar-refractivity contribution is 9.10. The number of Topliss-reactive ketones (excluding diaryl/α,β-unsaturated/α-hetero) is 1. The normalized spacial score (nSPS) is 14.9. The van der Waals surface area contributed by atoms with Gasteiger partial charge in [0, 0.05) is 92.8 Å². The fourth-order valence-electron chi connectivity index (χ4n) is 6.91. The van der Waals surface area contributed by atoms with Crippen LogP contribution in [0.2, 0.25) is 10.6 Å². The van der Waals surface area contributed by atoms with Gasteiger partial charge in [-0.05, 0) is 145 Å². The Balaban J connectivity index is 0.000000152. The second kappa shape index (κ2) is 28.9. The lowest BCUT2D eigenvalue weighted by molar-refractivity contribution is 0.0702. The van der Waals surface area contributed by atoms with Crippen molar-refractivity contribution in [3.63, 3.8) is 0 Å². The largest absolute Gasteiger partial charge is 0.477 e. The minimum Gasteiger partial charge on any atom is -0.477 e. The average Bonchev–Trinajstić information content (AvgIpc) is 4.25. The van der Waals surface area contributed by atoms with Crippen LogP contribution in [0.4, 0.5) is 23.0 Å². The Labute approximate surface area is 454 Å². The van der Waals surface area contributed by atoms with Crippen molar-refractivity contribution in [1.82, 2.24) is 30.2 Å². The molecule has 0 aliphatic carbocycles. The van der Waals surface area contributed by atoms with Crippen LogP contribution in [0.1, 0.15) is 57.0 Å². The molecule has 2 atom stereocenters. The van der Waals surface area contributed by atoms with E-state index in [4.69, 9.17) is 38.8 Å². The summed E-state index contributed by atoms with van der Waals surface area (Å²) in [5.74, 6) is 1.02. The standard InChI is InChI=1S/C14H13ClN4.C14H11ClN4.C10H8BrNO.C9H5BrO2S.C4H9NO.C2H7N/c2*15-14-17-8-6-13(19-14)18-12-3-1-10(2-4-12)11-5-7-16-9-11;1-6(13)9-4-7-2-3-8(11)5-10(7)12-9;10-6-2-1-5-3-8(9(11)12)13-7(5)4-6;5-4-1-2-6-3-4;1-3-2/h1-4,6,8-9,11H,5,7H2,(H,17,18,19);1-6,8-9H,7H2,(H,17,18,19);2-5,12H,1H3;1-4H,(H,11,12);4H,1-3,5H2;3H,1-2H3. The lowest BCUT2D eigenvalue weighted by Gasteiger charge is -2.09. The summed E-state index contributed by atoms with van der Waals surface area (Å²) in [6.07, 6.45) is 11.4. The summed E-state index contributed by atoms with van der Waals surface area (Å²) >= 11 is 19.5. The number of allylic oxidation sites excluding steroid dienone is 1. The summed E-state index contributed by atoms with van der Waals surface area (Å²) in [5.41, 5.74) is 12.6. The molecule has 0 spiro atoms. The van der Waals surface area contributed by atoms with Gasteiger partial charge in [0.2, 0.25) is 10.6 Å². The third-order valence-electron chi connectivity index (χ3n) is 10.5. The number of fused-ring (bicyclic) bond motifs is 2. The van der Waals surface area contributed by atoms with Gasteiger partial charge in [-0.2, -0.15) is 0 Å². The number of thiophene rings is 1. The molecule has 0 saturated carbocycles. The molecule has 7 N–H and O–H groups in total. The van der Waals surface area contributed by atoms with Crippen molar-refractivity contribution in [2.24, 2.45) is 15.7 Å². The van der Waals surface area contributed by atoms with E-state index in [1.807, 2.05) is 105 Å². The third-order valence-corrected chi connectivity index (χ3v) is 12.9. The molecule has 0 amide bonds. The number of nitrogens with two attached hydrogens (primary N) is 1. The highest BCUT2D eigenvalue weighted by Gasteiger charge is 2.13. The average molecular weight is 1170 g/mol. The summed E-state index contributed by atoms with van der Waals surface area (Å²) in [7, 11) is 3.75. The number of rotatable bonds is 8. The highest BCUT2D eigenvalue weighted by atomic mass is 79.9. The first kappa shape index (κ1) is 56.1. The first-order valence-electron chi connectivity index (χ1n) is 22.8. The van der Waals surface area contributed by atoms with Crippen LogP contribution in [0, 0.1) is 0 Å². The maximum Gasteiger partial charge on any atom is 0.345 e. The molecule has 7 heterocycles. The van der Waals surface area contributed by atoms with E-state index < -0.39 is 5.97 Å². The van der Waals surface area contributed by atoms with Crippen molar-refractivity contribution in [3.05, 3.63) is 169 Å². The molecule has 4 aromatic carbocycles. The molecule has 3 aliphatic heterocycles. The van der Waals surface area contributed by atoms with Gasteiger partial charge in [-0.15, -0.1) is 11.3 Å². The topological polar surface area (TPSA) is 218 Å². The second-order valence-corrected chi connectivity index (χ2v) is 19.8. The van der Waals surface area contributed by atoms with Gasteiger partial charge in [-0.1, -0.05) is 74.3 Å². The minimum absolute atomic E-state index is 0.0623. The van der Waals surface area contributed by atoms with E-state index in [1.165, 1.54) is 16.9 Å². The molecule has 4 aromatic heterocycles. The molecule has 2 unspecified atom stereocenters. The van der Waals surface area contributed by atoms with E-state index in [2.05, 4.69) is 101 Å². The predicted molar refractivity (Wildman–Crippen MR) is 306 cm³/mol. The summed E-state index contributed by atoms with van der Waals surface area (Å²) < 4.78 is 7.91. The van der Waals surface area contributed by atoms with Gasteiger partial charge in [0.15, 0.2) is 5.78 Å². The molecule has 1 fully saturated rings. The van der Waals surface area contributed by atoms with Gasteiger partial charge in [-0.3, -0.25) is 14.8 Å². The number of nitrogens with one attached hydrogen (secondary N) is 4. The van der Waals surface area contributed by atoms with Crippen molar-refractivity contribution in [3.8, 4) is 0 Å². The first-order chi connectivity index (χ1) is 35.3. The van der Waals surface area contributed by atoms with Crippen LogP contribution in [0.25, 0.3) is 26.6 Å². The summed E-state index contributed by atoms with van der Waals surface area (Å²) in [4.78, 5) is 49.5. The number of ether oxygens (including phenoxy) is 1. The number of carboxylic acids is 1. The smallest absolute Gasteiger partial charge is 0.345 e. The zero-order valence-electron chi connectivity index (χ0n) is 40.0. The molecule has 11 rings (SSSR count). The van der Waals surface area contributed by atoms with Gasteiger partial charge in [0.05, 0.1) is 18.8 Å². The number of ketones is 1. The van der Waals surface area contributed by atoms with Crippen LogP contribution in [0.5, 0.6) is 0 Å². The van der Waals surface area contributed by atoms with E-state index in [9.17, 15) is 9.59 Å². The van der Waals surface area contributed by atoms with Crippen LogP contribution in [0.3, 0.4) is 0 Å². The van der Waals surface area contributed by atoms with E-state index >= 15 is 0 Å². The van der Waals surface area contributed by atoms with Crippen LogP contribution in [-0.2, 0) is 4.74 Å². The van der Waals surface area contributed by atoms with Gasteiger partial charge in [0.1, 0.15) is 16.5 Å². The SMILES string of the molecule is CC(=O)c1cc2ccc(Br)cc2[nH]1.CNC.Clc1nccc(Nc2ccc(C3=CCN=C3)cc2)n1.Clc1nccc(Nc2ccc(C3C=NCC3)cc2)n1.NC1CCOC1.O=C(O)c1cc2ccc(Br)cc2s1. The van der Waals surface area contributed by atoms with E-state index in [1.54, 1.807) is 37.5 Å². The lowest BCUT2D eigenvalue weighted by atomic mass is 9.99. The third kappa shape index (κ3) is 18.3. The van der Waals surface area contributed by atoms with Crippen LogP contribution < -0.4 is 21.7 Å². The van der Waals surface area contributed by atoms with E-state index in [0.717, 1.165) is 91.6 Å². The fourth-order valence-corrected chi connectivity index (χ4v) is 9.02. The number of aromatic nitrogens is 5. The molecule has 378 valence electrons. The summed E-state index contributed by atoms with van der Waals surface area (Å²) in [6, 6.07) is 35.5. The van der Waals surface area contributed by atoms with Crippen molar-refractivity contribution >= 4 is 140 Å². The molecule has 20 heteroatoms. The molecule has 73 heavy (non-hydrogen) atoms. The lowest BCUT2D eigenvalue weighted by Crippen LogP contribution is -2.18. The van der Waals surface area contributed by atoms with Gasteiger partial charge in [-0.25, -0.2) is 24.7 Å². The number of aliphatic imine (C=N–C) groups is 2. The molecule has 0 radical (unpaired) electrons. The number of carbonyl (C=O) groups is 2. The molecular formula is C53H53Br2Cl2N11O4S. The number of aromatic amines is 1. The quantitative estimate of drug-likeness (QED) is 0.0619. The number of H-pyrrole nitrogens is 1. The van der Waals surface area contributed by atoms with Crippen molar-refractivity contribution < 1.29 is 19.4 Å². The minimum atomic E-state index is -0.864. The number of hydrogen-bond donors (Lipinski definition) is 6. The molecule has 8 aromatic rings. The Morgan fingerprint density at radius 2 is 1.41 bits per heavy atom. The van der Waals surface area contributed by atoms with Crippen LogP contribution in [-0.4, -0.2) is 101 Å². The van der Waals surface area contributed by atoms with Crippen molar-refractivity contribution in [2.75, 3.05) is 51.0 Å². The maximum atomic E-state index is 11.1. The number of carboxylic acid groups (broad SMARTS) is 1. The van der Waals surface area contributed by atoms with Gasteiger partial charge < -0.3 is 36.5 Å². The number of benzene rings is 4. The Kier molecular flexibility index (Phi) is 22.2. The monoisotopic (exact) mass is 1170 g/mol. The fraction of sp³-hybridized carbons (Fsp3) is 0.208.